The third kappa shape index (κ3) is 3.01. The fourth-order valence-corrected chi connectivity index (χ4v) is 3.69. The summed E-state index contributed by atoms with van der Waals surface area (Å²) in [6, 6.07) is 16.8. The van der Waals surface area contributed by atoms with Gasteiger partial charge in [-0.1, -0.05) is 47.6 Å². The molecule has 0 aliphatic carbocycles. The molecule has 0 amide bonds. The number of fused-ring (bicyclic) bond motifs is 1. The summed E-state index contributed by atoms with van der Waals surface area (Å²) in [6.45, 7) is 0. The van der Waals surface area contributed by atoms with Gasteiger partial charge < -0.3 is 9.84 Å². The number of rotatable bonds is 4. The zero-order valence-electron chi connectivity index (χ0n) is 14.7. The van der Waals surface area contributed by atoms with E-state index >= 15 is 0 Å². The van der Waals surface area contributed by atoms with Crippen LogP contribution in [0.5, 0.6) is 11.5 Å². The molecule has 0 fully saturated rings. The van der Waals surface area contributed by atoms with Gasteiger partial charge in [0.2, 0.25) is 0 Å². The number of nitrogens with zero attached hydrogens (tertiary/aromatic N) is 3. The number of methoxy groups -OCH3 is 1. The molecule has 0 aliphatic rings. The fourth-order valence-electron chi connectivity index (χ4n) is 3.07. The minimum Gasteiger partial charge on any atom is -0.507 e. The monoisotopic (exact) mass is 397 g/mol. The zero-order valence-corrected chi connectivity index (χ0v) is 16.3. The Labute approximate surface area is 165 Å². The van der Waals surface area contributed by atoms with Gasteiger partial charge in [-0.05, 0) is 36.6 Å². The molecule has 4 rings (SSSR count). The van der Waals surface area contributed by atoms with Crippen LogP contribution in [0.15, 0.2) is 59.8 Å². The van der Waals surface area contributed by atoms with E-state index in [1.807, 2.05) is 59.4 Å². The minimum atomic E-state index is 0.140. The molecule has 1 N–H and O–H groups in total. The minimum absolute atomic E-state index is 0.140. The molecule has 1 aromatic heterocycles. The molecule has 1 heterocycles. The highest BCUT2D eigenvalue weighted by atomic mass is 35.5. The highest BCUT2D eigenvalue weighted by Crippen LogP contribution is 2.41. The molecule has 0 aliphatic heterocycles. The molecule has 3 aromatic carbocycles. The Kier molecular flexibility index (Phi) is 4.68. The largest absolute Gasteiger partial charge is 0.507 e. The Hall–Kier alpha value is -2.70. The molecule has 0 radical (unpaired) electrons. The molecule has 136 valence electrons. The van der Waals surface area contributed by atoms with Crippen molar-refractivity contribution >= 4 is 34.1 Å². The summed E-state index contributed by atoms with van der Waals surface area (Å²) in [6.07, 6.45) is 1.93. The lowest BCUT2D eigenvalue weighted by Gasteiger charge is -2.14. The third-order valence-corrected chi connectivity index (χ3v) is 5.22. The molecule has 7 heteroatoms. The van der Waals surface area contributed by atoms with Crippen LogP contribution in [-0.2, 0) is 0 Å². The Bertz CT molecular complexity index is 1130. The van der Waals surface area contributed by atoms with Crippen molar-refractivity contribution < 1.29 is 9.84 Å². The molecule has 27 heavy (non-hydrogen) atoms. The topological polar surface area (TPSA) is 60.2 Å². The van der Waals surface area contributed by atoms with Gasteiger partial charge in [0.25, 0.3) is 0 Å². The first-order valence-electron chi connectivity index (χ1n) is 8.18. The summed E-state index contributed by atoms with van der Waals surface area (Å²) in [4.78, 5) is 0. The average Bonchev–Trinajstić information content (AvgIpc) is 3.13. The van der Waals surface area contributed by atoms with E-state index in [0.717, 1.165) is 11.1 Å². The quantitative estimate of drug-likeness (QED) is 0.481. The van der Waals surface area contributed by atoms with Gasteiger partial charge in [0.05, 0.1) is 12.7 Å². The summed E-state index contributed by atoms with van der Waals surface area (Å²) >= 11 is 7.50. The van der Waals surface area contributed by atoms with Crippen LogP contribution in [0.1, 0.15) is 0 Å². The number of halogens is 1. The maximum Gasteiger partial charge on any atom is 0.195 e. The van der Waals surface area contributed by atoms with Gasteiger partial charge in [-0.3, -0.25) is 4.57 Å². The number of ether oxygens (including phenoxy) is 1. The van der Waals surface area contributed by atoms with Crippen LogP contribution >= 0.6 is 23.4 Å². The molecule has 0 unspecified atom stereocenters. The van der Waals surface area contributed by atoms with Crippen molar-refractivity contribution in [1.82, 2.24) is 14.8 Å². The van der Waals surface area contributed by atoms with E-state index in [0.29, 0.717) is 32.7 Å². The second kappa shape index (κ2) is 7.13. The maximum absolute atomic E-state index is 11.0. The van der Waals surface area contributed by atoms with E-state index in [-0.39, 0.29) is 5.75 Å². The van der Waals surface area contributed by atoms with Crippen molar-refractivity contribution in [2.45, 2.75) is 5.16 Å². The highest BCUT2D eigenvalue weighted by molar-refractivity contribution is 7.98. The van der Waals surface area contributed by atoms with Gasteiger partial charge >= 0.3 is 0 Å². The second-order valence-corrected chi connectivity index (χ2v) is 7.05. The van der Waals surface area contributed by atoms with Gasteiger partial charge in [0.1, 0.15) is 11.5 Å². The first kappa shape index (κ1) is 17.7. The first-order chi connectivity index (χ1) is 13.1. The van der Waals surface area contributed by atoms with Gasteiger partial charge in [0.15, 0.2) is 11.0 Å². The summed E-state index contributed by atoms with van der Waals surface area (Å²) in [5.74, 6) is 1.33. The van der Waals surface area contributed by atoms with E-state index in [1.165, 1.54) is 11.8 Å². The van der Waals surface area contributed by atoms with E-state index in [2.05, 4.69) is 10.2 Å². The fraction of sp³-hybridized carbons (Fsp3) is 0.100. The molecular formula is C20H16ClN3O2S. The lowest BCUT2D eigenvalue weighted by atomic mass is 10.0. The maximum atomic E-state index is 11.0. The van der Waals surface area contributed by atoms with Crippen molar-refractivity contribution in [3.05, 3.63) is 59.6 Å². The molecule has 0 spiro atoms. The van der Waals surface area contributed by atoms with E-state index < -0.39 is 0 Å². The number of hydrogen-bond acceptors (Lipinski definition) is 5. The molecule has 4 aromatic rings. The summed E-state index contributed by atoms with van der Waals surface area (Å²) < 4.78 is 7.44. The van der Waals surface area contributed by atoms with Gasteiger partial charge in [-0.2, -0.15) is 0 Å². The second-order valence-electron chi connectivity index (χ2n) is 5.84. The standard InChI is InChI=1S/C20H16ClN3O2S/c1-26-17-11-16(18(25)15-6-4-3-5-14(15)17)19-22-23-20(27-2)24(19)13-9-7-12(21)8-10-13/h3-11,25H,1-2H3. The highest BCUT2D eigenvalue weighted by Gasteiger charge is 2.21. The number of phenols is 1. The predicted octanol–water partition coefficient (Wildman–Crippen LogP) is 5.18. The van der Waals surface area contributed by atoms with Crippen LogP contribution < -0.4 is 4.74 Å². The van der Waals surface area contributed by atoms with Gasteiger partial charge in [-0.25, -0.2) is 0 Å². The van der Waals surface area contributed by atoms with Crippen LogP contribution in [0, 0.1) is 0 Å². The van der Waals surface area contributed by atoms with Gasteiger partial charge in [-0.15, -0.1) is 10.2 Å². The number of aromatic hydroxyl groups is 1. The molecule has 0 atom stereocenters. The Morgan fingerprint density at radius 2 is 1.74 bits per heavy atom. The van der Waals surface area contributed by atoms with E-state index in [1.54, 1.807) is 13.2 Å². The van der Waals surface area contributed by atoms with Crippen molar-refractivity contribution in [2.24, 2.45) is 0 Å². The van der Waals surface area contributed by atoms with E-state index in [4.69, 9.17) is 16.3 Å². The molecule has 0 saturated heterocycles. The van der Waals surface area contributed by atoms with Crippen molar-refractivity contribution in [1.29, 1.82) is 0 Å². The summed E-state index contributed by atoms with van der Waals surface area (Å²) in [5.41, 5.74) is 1.41. The number of benzene rings is 3. The summed E-state index contributed by atoms with van der Waals surface area (Å²) in [5, 5.41) is 22.5. The summed E-state index contributed by atoms with van der Waals surface area (Å²) in [7, 11) is 1.61. The van der Waals surface area contributed by atoms with Crippen LogP contribution in [0.4, 0.5) is 0 Å². The molecular weight excluding hydrogens is 382 g/mol. The predicted molar refractivity (Wildman–Crippen MR) is 109 cm³/mol. The Morgan fingerprint density at radius 3 is 2.41 bits per heavy atom. The molecule has 0 saturated carbocycles. The van der Waals surface area contributed by atoms with Crippen LogP contribution in [-0.4, -0.2) is 33.2 Å². The number of thioether (sulfide) groups is 1. The first-order valence-corrected chi connectivity index (χ1v) is 9.78. The number of phenolic OH excluding ortho intramolecular Hbond substituents is 1. The Balaban J connectivity index is 2.01. The van der Waals surface area contributed by atoms with Crippen molar-refractivity contribution in [3.8, 4) is 28.6 Å². The SMILES string of the molecule is COc1cc(-c2nnc(SC)n2-c2ccc(Cl)cc2)c(O)c2ccccc12. The number of hydrogen-bond donors (Lipinski definition) is 1. The van der Waals surface area contributed by atoms with Crippen LogP contribution in [0.25, 0.3) is 27.8 Å². The van der Waals surface area contributed by atoms with Gasteiger partial charge in [0, 0.05) is 21.5 Å². The van der Waals surface area contributed by atoms with Crippen LogP contribution in [0.2, 0.25) is 5.02 Å². The Morgan fingerprint density at radius 1 is 1.04 bits per heavy atom. The lowest BCUT2D eigenvalue weighted by molar-refractivity contribution is 0.418. The average molecular weight is 398 g/mol. The van der Waals surface area contributed by atoms with Crippen LogP contribution in [0.3, 0.4) is 0 Å². The van der Waals surface area contributed by atoms with E-state index in [9.17, 15) is 5.11 Å². The smallest absolute Gasteiger partial charge is 0.195 e. The number of aromatic nitrogens is 3. The lowest BCUT2D eigenvalue weighted by Crippen LogP contribution is -2.00. The van der Waals surface area contributed by atoms with Crippen molar-refractivity contribution in [3.63, 3.8) is 0 Å². The zero-order chi connectivity index (χ0) is 19.0. The normalized spacial score (nSPS) is 11.1. The van der Waals surface area contributed by atoms with Crippen molar-refractivity contribution in [2.75, 3.05) is 13.4 Å². The molecule has 0 bridgehead atoms. The third-order valence-electron chi connectivity index (χ3n) is 4.34. The molecule has 5 nitrogen and oxygen atoms in total.